The molecule has 8 aromatic rings. The molecule has 0 amide bonds. The zero-order valence-corrected chi connectivity index (χ0v) is 41.2. The summed E-state index contributed by atoms with van der Waals surface area (Å²) in [7, 11) is 0. The van der Waals surface area contributed by atoms with Gasteiger partial charge in [-0.15, -0.1) is 12.4 Å². The molecule has 0 bridgehead atoms. The summed E-state index contributed by atoms with van der Waals surface area (Å²) in [5, 5.41) is 24.3. The first-order valence-corrected chi connectivity index (χ1v) is 25.1. The summed E-state index contributed by atoms with van der Waals surface area (Å²) in [6.45, 7) is 7.98. The number of hydrogen-bond donors (Lipinski definition) is 2. The molecule has 376 valence electrons. The van der Waals surface area contributed by atoms with Crippen molar-refractivity contribution in [3.05, 3.63) is 176 Å². The van der Waals surface area contributed by atoms with Gasteiger partial charge in [-0.2, -0.15) is 0 Å². The minimum atomic E-state index is -1.28. The largest absolute Gasteiger partial charge is 0.477 e. The average molecular weight is 1010 g/mol. The standard InChI is InChI=1S/2C29H28FN3O3.ClH/c2*30-25-16-23-26(33(21-8-9-21)18-24(28(23)34)29(35)36)17-27(25)32-14-12-31(13-15-32)11-10-20-6-3-5-19-4-1-2-7-22(19)20;/h2*1-7,16-18,21H,8-15H2,(H,35,36);1H. The third-order valence-electron chi connectivity index (χ3n) is 15.1. The molecule has 0 spiro atoms. The number of carbonyl (C=O) groups is 2. The number of anilines is 2. The molecule has 2 N–H and O–H groups in total. The number of piperazine rings is 2. The molecule has 2 aromatic heterocycles. The van der Waals surface area contributed by atoms with Crippen LogP contribution in [0.15, 0.2) is 131 Å². The van der Waals surface area contributed by atoms with E-state index in [4.69, 9.17) is 0 Å². The smallest absolute Gasteiger partial charge is 0.341 e. The Hall–Kier alpha value is -7.13. The monoisotopic (exact) mass is 1010 g/mol. The summed E-state index contributed by atoms with van der Waals surface area (Å²) in [5.74, 6) is -3.51. The predicted molar refractivity (Wildman–Crippen MR) is 287 cm³/mol. The van der Waals surface area contributed by atoms with Crippen molar-refractivity contribution < 1.29 is 28.6 Å². The highest BCUT2D eigenvalue weighted by atomic mass is 35.5. The van der Waals surface area contributed by atoms with Gasteiger partial charge in [0.05, 0.1) is 22.4 Å². The number of rotatable bonds is 12. The van der Waals surface area contributed by atoms with Gasteiger partial charge in [0.1, 0.15) is 22.8 Å². The number of fused-ring (bicyclic) bond motifs is 4. The molecule has 6 aromatic carbocycles. The van der Waals surface area contributed by atoms with E-state index in [1.165, 1.54) is 57.2 Å². The van der Waals surface area contributed by atoms with Crippen LogP contribution in [-0.2, 0) is 12.8 Å². The highest BCUT2D eigenvalue weighted by Gasteiger charge is 2.31. The molecule has 4 aliphatic rings. The Kier molecular flexibility index (Phi) is 14.1. The molecule has 4 heterocycles. The van der Waals surface area contributed by atoms with Gasteiger partial charge < -0.3 is 29.1 Å². The molecule has 0 unspecified atom stereocenters. The molecule has 2 saturated heterocycles. The number of carboxylic acids is 2. The minimum absolute atomic E-state index is 0. The van der Waals surface area contributed by atoms with Crippen molar-refractivity contribution in [2.75, 3.05) is 75.2 Å². The van der Waals surface area contributed by atoms with E-state index < -0.39 is 34.4 Å². The van der Waals surface area contributed by atoms with Crippen LogP contribution in [0.5, 0.6) is 0 Å². The van der Waals surface area contributed by atoms with Gasteiger partial charge in [-0.1, -0.05) is 84.9 Å². The third kappa shape index (κ3) is 10.2. The fourth-order valence-corrected chi connectivity index (χ4v) is 10.8. The highest BCUT2D eigenvalue weighted by Crippen LogP contribution is 2.40. The van der Waals surface area contributed by atoms with Crippen LogP contribution in [0.1, 0.15) is 69.6 Å². The van der Waals surface area contributed by atoms with Gasteiger partial charge in [0.15, 0.2) is 0 Å². The zero-order chi connectivity index (χ0) is 49.6. The predicted octanol–water partition coefficient (Wildman–Crippen LogP) is 9.80. The van der Waals surface area contributed by atoms with Crippen molar-refractivity contribution in [2.24, 2.45) is 0 Å². The Balaban J connectivity index is 0.000000165. The first kappa shape index (κ1) is 49.4. The minimum Gasteiger partial charge on any atom is -0.477 e. The Labute approximate surface area is 426 Å². The highest BCUT2D eigenvalue weighted by molar-refractivity contribution is 5.95. The molecule has 2 saturated carbocycles. The fraction of sp³-hybridized carbons (Fsp3) is 0.310. The fourth-order valence-electron chi connectivity index (χ4n) is 10.8. The van der Waals surface area contributed by atoms with E-state index in [2.05, 4.69) is 94.7 Å². The topological polar surface area (TPSA) is 132 Å². The molecule has 12 nitrogen and oxygen atoms in total. The third-order valence-corrected chi connectivity index (χ3v) is 15.1. The van der Waals surface area contributed by atoms with Crippen molar-refractivity contribution >= 4 is 79.1 Å². The summed E-state index contributed by atoms with van der Waals surface area (Å²) in [6, 6.07) is 36.0. The van der Waals surface area contributed by atoms with E-state index in [0.717, 1.165) is 77.8 Å². The normalized spacial score (nSPS) is 16.4. The van der Waals surface area contributed by atoms with Gasteiger partial charge in [0.2, 0.25) is 10.9 Å². The lowest BCUT2D eigenvalue weighted by Crippen LogP contribution is -2.47. The lowest BCUT2D eigenvalue weighted by atomic mass is 10.0. The second-order valence-corrected chi connectivity index (χ2v) is 19.7. The van der Waals surface area contributed by atoms with E-state index >= 15 is 8.78 Å². The maximum atomic E-state index is 15.2. The van der Waals surface area contributed by atoms with Crippen molar-refractivity contribution in [1.29, 1.82) is 0 Å². The Bertz CT molecular complexity index is 3300. The zero-order valence-electron chi connectivity index (χ0n) is 40.4. The molecule has 0 radical (unpaired) electrons. The molecule has 4 fully saturated rings. The second-order valence-electron chi connectivity index (χ2n) is 19.7. The number of hydrogen-bond acceptors (Lipinski definition) is 8. The van der Waals surface area contributed by atoms with Crippen molar-refractivity contribution in [3.8, 4) is 0 Å². The van der Waals surface area contributed by atoms with E-state index in [1.807, 2.05) is 18.9 Å². The molecule has 0 atom stereocenters. The maximum Gasteiger partial charge on any atom is 0.341 e. The van der Waals surface area contributed by atoms with Crippen LogP contribution in [0.25, 0.3) is 43.4 Å². The van der Waals surface area contributed by atoms with Crippen LogP contribution >= 0.6 is 12.4 Å². The number of aromatic carboxylic acids is 2. The quantitative estimate of drug-likeness (QED) is 0.122. The molecule has 15 heteroatoms. The Morgan fingerprint density at radius 1 is 0.493 bits per heavy atom. The van der Waals surface area contributed by atoms with Gasteiger partial charge in [-0.05, 0) is 95.5 Å². The van der Waals surface area contributed by atoms with Crippen LogP contribution in [-0.4, -0.2) is 107 Å². The van der Waals surface area contributed by atoms with E-state index in [0.29, 0.717) is 48.6 Å². The number of benzene rings is 6. The maximum absolute atomic E-state index is 15.2. The number of halogens is 3. The van der Waals surface area contributed by atoms with Gasteiger partial charge >= 0.3 is 11.9 Å². The second kappa shape index (κ2) is 20.8. The molecular weight excluding hydrogens is 950 g/mol. The van der Waals surface area contributed by atoms with Gasteiger partial charge in [-0.3, -0.25) is 19.4 Å². The number of carboxylic acid groups (broad SMARTS) is 2. The van der Waals surface area contributed by atoms with Crippen LogP contribution in [0.3, 0.4) is 0 Å². The van der Waals surface area contributed by atoms with Gasteiger partial charge in [0, 0.05) is 101 Å². The summed E-state index contributed by atoms with van der Waals surface area (Å²) < 4.78 is 34.2. The van der Waals surface area contributed by atoms with Crippen LogP contribution in [0, 0.1) is 11.6 Å². The molecule has 2 aliphatic carbocycles. The molecule has 12 rings (SSSR count). The van der Waals surface area contributed by atoms with E-state index in [-0.39, 0.29) is 46.4 Å². The summed E-state index contributed by atoms with van der Waals surface area (Å²) in [4.78, 5) is 57.5. The van der Waals surface area contributed by atoms with Crippen LogP contribution in [0.4, 0.5) is 20.2 Å². The average Bonchev–Trinajstić information content (AvgIpc) is 4.35. The SMILES string of the molecule is Cl.O=C(O)c1cn(C2CC2)c2cc(N3CCN(CCc4cccc5ccccc45)CC3)c(F)cc2c1=O.O=C(O)c1cn(C2CC2)c2cc(N3CCN(CCc4cccc5ccccc45)CC3)c(F)cc2c1=O. The van der Waals surface area contributed by atoms with Crippen LogP contribution < -0.4 is 20.7 Å². The summed E-state index contributed by atoms with van der Waals surface area (Å²) in [5.41, 5.74) is 3.01. The van der Waals surface area contributed by atoms with Gasteiger partial charge in [0.25, 0.3) is 0 Å². The van der Waals surface area contributed by atoms with Crippen molar-refractivity contribution in [2.45, 2.75) is 50.6 Å². The lowest BCUT2D eigenvalue weighted by Gasteiger charge is -2.36. The first-order valence-electron chi connectivity index (χ1n) is 25.1. The Morgan fingerprint density at radius 2 is 0.863 bits per heavy atom. The Morgan fingerprint density at radius 3 is 1.23 bits per heavy atom. The first-order chi connectivity index (χ1) is 35.0. The van der Waals surface area contributed by atoms with Crippen LogP contribution in [0.2, 0.25) is 0 Å². The van der Waals surface area contributed by atoms with E-state index in [1.54, 1.807) is 12.1 Å². The lowest BCUT2D eigenvalue weighted by molar-refractivity contribution is 0.0684. The molecular formula is C58H57ClF2N6O6. The number of nitrogens with zero attached hydrogens (tertiary/aromatic N) is 6. The number of aromatic nitrogens is 2. The molecule has 2 aliphatic heterocycles. The van der Waals surface area contributed by atoms with E-state index in [9.17, 15) is 29.4 Å². The molecule has 73 heavy (non-hydrogen) atoms. The number of pyridine rings is 2. The van der Waals surface area contributed by atoms with Gasteiger partial charge in [-0.25, -0.2) is 18.4 Å². The van der Waals surface area contributed by atoms with Crippen molar-refractivity contribution in [3.63, 3.8) is 0 Å². The summed E-state index contributed by atoms with van der Waals surface area (Å²) in [6.07, 6.45) is 8.50. The summed E-state index contributed by atoms with van der Waals surface area (Å²) >= 11 is 0. The van der Waals surface area contributed by atoms with Crippen molar-refractivity contribution in [1.82, 2.24) is 18.9 Å².